The number of fused-ring (bicyclic) bond motifs is 3. The lowest BCUT2D eigenvalue weighted by molar-refractivity contribution is -0.130. The lowest BCUT2D eigenvalue weighted by atomic mass is 9.96. The highest BCUT2D eigenvalue weighted by Crippen LogP contribution is 2.40. The number of aromatic nitrogens is 2. The van der Waals surface area contributed by atoms with Gasteiger partial charge in [-0.05, 0) is 56.4 Å². The van der Waals surface area contributed by atoms with Crippen LogP contribution in [0.2, 0.25) is 5.02 Å². The number of ether oxygens (including phenoxy) is 1. The molecule has 182 valence electrons. The highest BCUT2D eigenvalue weighted by Gasteiger charge is 2.42. The second-order valence-electron chi connectivity index (χ2n) is 9.12. The molecule has 2 fully saturated rings. The first-order valence-electron chi connectivity index (χ1n) is 11.6. The number of rotatable bonds is 6. The van der Waals surface area contributed by atoms with Crippen LogP contribution in [-0.2, 0) is 4.79 Å². The minimum Gasteiger partial charge on any atom is -0.495 e. The summed E-state index contributed by atoms with van der Waals surface area (Å²) in [6.07, 6.45) is 6.54. The summed E-state index contributed by atoms with van der Waals surface area (Å²) >= 11 is 6.10. The Bertz CT molecular complexity index is 1300. The largest absolute Gasteiger partial charge is 0.495 e. The number of benzene rings is 2. The molecule has 0 radical (unpaired) electrons. The number of methoxy groups -OCH3 is 1. The summed E-state index contributed by atoms with van der Waals surface area (Å²) in [6, 6.07) is 7.76. The van der Waals surface area contributed by atoms with Gasteiger partial charge in [0.25, 0.3) is 0 Å². The number of carbonyl (C=O) groups is 1. The number of amides is 1. The van der Waals surface area contributed by atoms with E-state index in [4.69, 9.17) is 16.3 Å². The van der Waals surface area contributed by atoms with Crippen molar-refractivity contribution in [3.05, 3.63) is 59.7 Å². The molecule has 3 heterocycles. The van der Waals surface area contributed by atoms with Gasteiger partial charge >= 0.3 is 0 Å². The Hall–Kier alpha value is -3.39. The van der Waals surface area contributed by atoms with Gasteiger partial charge in [0.1, 0.15) is 17.9 Å². The van der Waals surface area contributed by atoms with Gasteiger partial charge in [0.15, 0.2) is 5.82 Å². The minimum absolute atomic E-state index is 0.00976. The van der Waals surface area contributed by atoms with Crippen molar-refractivity contribution in [3.8, 4) is 5.75 Å². The molecule has 3 aromatic rings. The van der Waals surface area contributed by atoms with Crippen LogP contribution in [0.25, 0.3) is 10.9 Å². The van der Waals surface area contributed by atoms with Gasteiger partial charge in [0, 0.05) is 29.6 Å². The third kappa shape index (κ3) is 4.27. The number of aryl methyl sites for hydroxylation is 1. The van der Waals surface area contributed by atoms with Crippen molar-refractivity contribution in [1.29, 1.82) is 0 Å². The Balaban J connectivity index is 1.45. The predicted octanol–water partition coefficient (Wildman–Crippen LogP) is 5.60. The van der Waals surface area contributed by atoms with E-state index in [-0.39, 0.29) is 34.7 Å². The van der Waals surface area contributed by atoms with Crippen molar-refractivity contribution in [3.63, 3.8) is 0 Å². The Morgan fingerprint density at radius 2 is 1.97 bits per heavy atom. The molecule has 2 aliphatic rings. The van der Waals surface area contributed by atoms with E-state index in [0.29, 0.717) is 28.0 Å². The lowest BCUT2D eigenvalue weighted by Gasteiger charge is -2.39. The number of anilines is 3. The smallest absolute Gasteiger partial charge is 0.246 e. The quantitative estimate of drug-likeness (QED) is 0.433. The van der Waals surface area contributed by atoms with Crippen LogP contribution >= 0.6 is 11.6 Å². The predicted molar refractivity (Wildman–Crippen MR) is 136 cm³/mol. The molecule has 1 amide bonds. The minimum atomic E-state index is -0.526. The summed E-state index contributed by atoms with van der Waals surface area (Å²) in [7, 11) is 1.62. The molecule has 1 unspecified atom stereocenters. The third-order valence-corrected chi connectivity index (χ3v) is 7.47. The van der Waals surface area contributed by atoms with Crippen LogP contribution in [0.4, 0.5) is 21.6 Å². The summed E-state index contributed by atoms with van der Waals surface area (Å²) in [4.78, 5) is 23.0. The van der Waals surface area contributed by atoms with E-state index in [1.54, 1.807) is 26.2 Å². The lowest BCUT2D eigenvalue weighted by Crippen LogP contribution is -2.49. The van der Waals surface area contributed by atoms with Crippen molar-refractivity contribution in [2.75, 3.05) is 17.7 Å². The van der Waals surface area contributed by atoms with Crippen molar-refractivity contribution in [2.24, 2.45) is 0 Å². The van der Waals surface area contributed by atoms with Crippen LogP contribution in [-0.4, -0.2) is 46.0 Å². The van der Waals surface area contributed by atoms with E-state index in [9.17, 15) is 9.18 Å². The van der Waals surface area contributed by atoms with E-state index in [2.05, 4.69) is 27.2 Å². The van der Waals surface area contributed by atoms with Crippen molar-refractivity contribution in [1.82, 2.24) is 14.9 Å². The molecule has 2 N–H and O–H groups in total. The zero-order valence-electron chi connectivity index (χ0n) is 19.6. The van der Waals surface area contributed by atoms with Gasteiger partial charge in [0.05, 0.1) is 29.0 Å². The van der Waals surface area contributed by atoms with Crippen molar-refractivity contribution >= 4 is 45.6 Å². The molecule has 2 aliphatic heterocycles. The van der Waals surface area contributed by atoms with Crippen LogP contribution in [0, 0.1) is 12.7 Å². The second-order valence-corrected chi connectivity index (χ2v) is 9.50. The van der Waals surface area contributed by atoms with Crippen LogP contribution in [0.5, 0.6) is 5.75 Å². The zero-order chi connectivity index (χ0) is 24.7. The van der Waals surface area contributed by atoms with Crippen LogP contribution in [0.3, 0.4) is 0 Å². The molecule has 7 nitrogen and oxygen atoms in total. The fourth-order valence-electron chi connectivity index (χ4n) is 5.32. The van der Waals surface area contributed by atoms with Crippen LogP contribution in [0.15, 0.2) is 43.2 Å². The molecule has 9 heteroatoms. The molecule has 2 aromatic carbocycles. The Morgan fingerprint density at radius 1 is 1.23 bits per heavy atom. The summed E-state index contributed by atoms with van der Waals surface area (Å²) in [5, 5.41) is 7.48. The second kappa shape index (κ2) is 9.34. The topological polar surface area (TPSA) is 79.4 Å². The first-order valence-corrected chi connectivity index (χ1v) is 12.0. The molecule has 0 aliphatic carbocycles. The monoisotopic (exact) mass is 495 g/mol. The number of hydrogen-bond donors (Lipinski definition) is 2. The number of nitrogens with zero attached hydrogens (tertiary/aromatic N) is 3. The zero-order valence-corrected chi connectivity index (χ0v) is 20.4. The van der Waals surface area contributed by atoms with Gasteiger partial charge < -0.3 is 20.3 Å². The highest BCUT2D eigenvalue weighted by atomic mass is 35.5. The van der Waals surface area contributed by atoms with Gasteiger partial charge in [-0.1, -0.05) is 24.2 Å². The number of nitrogens with one attached hydrogen (secondary N) is 2. The van der Waals surface area contributed by atoms with Crippen molar-refractivity contribution in [2.45, 2.75) is 50.7 Å². The summed E-state index contributed by atoms with van der Waals surface area (Å²) < 4.78 is 20.4. The van der Waals surface area contributed by atoms with E-state index >= 15 is 0 Å². The highest BCUT2D eigenvalue weighted by molar-refractivity contribution is 6.31. The number of hydrogen-bond acceptors (Lipinski definition) is 6. The summed E-state index contributed by atoms with van der Waals surface area (Å²) in [6.45, 7) is 5.41. The van der Waals surface area contributed by atoms with E-state index in [0.717, 1.165) is 31.4 Å². The maximum absolute atomic E-state index is 14.7. The van der Waals surface area contributed by atoms with Crippen molar-refractivity contribution < 1.29 is 13.9 Å². The first-order chi connectivity index (χ1) is 16.9. The first kappa shape index (κ1) is 23.4. The molecule has 3 atom stereocenters. The van der Waals surface area contributed by atoms with Crippen LogP contribution in [0.1, 0.15) is 31.2 Å². The van der Waals surface area contributed by atoms with E-state index in [1.165, 1.54) is 12.4 Å². The average molecular weight is 496 g/mol. The number of carbonyl (C=O) groups excluding carboxylic acids is 1. The normalized spacial score (nSPS) is 21.1. The van der Waals surface area contributed by atoms with Gasteiger partial charge in [0.2, 0.25) is 5.91 Å². The molecule has 0 saturated carbocycles. The third-order valence-electron chi connectivity index (χ3n) is 7.01. The van der Waals surface area contributed by atoms with E-state index < -0.39 is 5.82 Å². The van der Waals surface area contributed by atoms with Crippen LogP contribution < -0.4 is 15.4 Å². The standard InChI is InChI=1S/C26H27ClFN5O2/c1-4-23(34)33-16-6-7-17(33)10-15(9-16)31-21-11-18-20(12-22(21)35-3)29-13-30-26(18)32-19-8-5-14(2)24(27)25(19)28/h4-5,8,11-13,15-17,31H,1,6-7,9-10H2,2-3H3,(H,29,30,32)/t15?,16-,17+. The van der Waals surface area contributed by atoms with Gasteiger partial charge in [-0.3, -0.25) is 4.79 Å². The van der Waals surface area contributed by atoms with E-state index in [1.807, 2.05) is 17.0 Å². The average Bonchev–Trinajstić information content (AvgIpc) is 3.13. The van der Waals surface area contributed by atoms with Gasteiger partial charge in [-0.15, -0.1) is 0 Å². The maximum Gasteiger partial charge on any atom is 0.246 e. The Labute approximate surface area is 208 Å². The molecule has 5 rings (SSSR count). The Kier molecular flexibility index (Phi) is 6.23. The molecular weight excluding hydrogens is 469 g/mol. The fraction of sp³-hybridized carbons (Fsp3) is 0.346. The SMILES string of the molecule is C=CC(=O)N1[C@@H]2CC[C@H]1CC(Nc1cc3c(Nc4ccc(C)c(Cl)c4F)ncnc3cc1OC)C2. The fourth-order valence-corrected chi connectivity index (χ4v) is 5.48. The number of piperidine rings is 1. The molecule has 0 spiro atoms. The van der Waals surface area contributed by atoms with Gasteiger partial charge in [-0.2, -0.15) is 0 Å². The molecule has 1 aromatic heterocycles. The van der Waals surface area contributed by atoms with Gasteiger partial charge in [-0.25, -0.2) is 14.4 Å². The molecule has 2 saturated heterocycles. The summed E-state index contributed by atoms with van der Waals surface area (Å²) in [5.41, 5.74) is 2.36. The Morgan fingerprint density at radius 3 is 2.66 bits per heavy atom. The summed E-state index contributed by atoms with van der Waals surface area (Å²) in [5.74, 6) is 0.604. The maximum atomic E-state index is 14.7. The molecule has 35 heavy (non-hydrogen) atoms. The number of halogens is 2. The molecular formula is C26H27ClFN5O2. The molecule has 2 bridgehead atoms.